The molecule has 0 bridgehead atoms. The lowest BCUT2D eigenvalue weighted by atomic mass is 10.1. The Morgan fingerprint density at radius 2 is 1.68 bits per heavy atom. The topological polar surface area (TPSA) is 12.5 Å². The summed E-state index contributed by atoms with van der Waals surface area (Å²) in [5, 5.41) is 2.57. The largest absolute Gasteiger partial charge is 0.494 e. The minimum atomic E-state index is 0.797. The van der Waals surface area contributed by atoms with Crippen LogP contribution in [0.3, 0.4) is 0 Å². The third-order valence-corrected chi connectivity index (χ3v) is 6.35. The molecule has 146 valence electrons. The summed E-state index contributed by atoms with van der Waals surface area (Å²) in [6.07, 6.45) is 4.71. The Balaban J connectivity index is 1.22. The molecule has 1 aliphatic heterocycles. The van der Waals surface area contributed by atoms with Crippen LogP contribution < -0.4 is 4.74 Å². The van der Waals surface area contributed by atoms with Crippen molar-refractivity contribution < 1.29 is 4.74 Å². The molecular weight excluding hydrogens is 362 g/mol. The van der Waals surface area contributed by atoms with E-state index in [0.29, 0.717) is 0 Å². The van der Waals surface area contributed by atoms with Crippen LogP contribution in [0.2, 0.25) is 0 Å². The number of hydrogen-bond acceptors (Lipinski definition) is 3. The highest BCUT2D eigenvalue weighted by atomic mass is 32.2. The second kappa shape index (κ2) is 9.99. The predicted molar refractivity (Wildman–Crippen MR) is 121 cm³/mol. The summed E-state index contributed by atoms with van der Waals surface area (Å²) in [6, 6.07) is 24.0. The van der Waals surface area contributed by atoms with Gasteiger partial charge in [-0.1, -0.05) is 48.5 Å². The molecule has 1 saturated heterocycles. The zero-order chi connectivity index (χ0) is 19.0. The highest BCUT2D eigenvalue weighted by molar-refractivity contribution is 7.99. The second-order valence-corrected chi connectivity index (χ2v) is 8.65. The van der Waals surface area contributed by atoms with Crippen LogP contribution in [0.4, 0.5) is 0 Å². The minimum Gasteiger partial charge on any atom is -0.494 e. The molecule has 0 atom stereocenters. The maximum Gasteiger partial charge on any atom is 0.119 e. The summed E-state index contributed by atoms with van der Waals surface area (Å²) in [6.45, 7) is 3.07. The van der Waals surface area contributed by atoms with Crippen molar-refractivity contribution in [2.24, 2.45) is 0 Å². The maximum atomic E-state index is 5.99. The van der Waals surface area contributed by atoms with Crippen molar-refractivity contribution in [3.63, 3.8) is 0 Å². The van der Waals surface area contributed by atoms with E-state index in [1.165, 1.54) is 47.0 Å². The molecule has 2 nitrogen and oxygen atoms in total. The van der Waals surface area contributed by atoms with Gasteiger partial charge in [0.05, 0.1) is 6.61 Å². The second-order valence-electron chi connectivity index (χ2n) is 7.58. The Hall–Kier alpha value is -1.97. The molecule has 0 amide bonds. The summed E-state index contributed by atoms with van der Waals surface area (Å²) < 4.78 is 5.99. The van der Waals surface area contributed by atoms with Crippen LogP contribution >= 0.6 is 11.8 Å². The summed E-state index contributed by atoms with van der Waals surface area (Å²) in [5.41, 5.74) is 2.84. The number of aryl methyl sites for hydroxylation is 1. The molecule has 3 aromatic rings. The number of thioether (sulfide) groups is 1. The van der Waals surface area contributed by atoms with E-state index in [-0.39, 0.29) is 0 Å². The van der Waals surface area contributed by atoms with Gasteiger partial charge >= 0.3 is 0 Å². The molecular formula is C25H29NOS. The van der Waals surface area contributed by atoms with Gasteiger partial charge in [-0.15, -0.1) is 11.8 Å². The molecule has 28 heavy (non-hydrogen) atoms. The molecule has 3 heteroatoms. The molecule has 0 aliphatic carbocycles. The zero-order valence-corrected chi connectivity index (χ0v) is 17.3. The lowest BCUT2D eigenvalue weighted by Crippen LogP contribution is -2.18. The standard InChI is InChI=1S/C25H29NOS/c1-3-7-21(8-4-1)9-5-2-6-15-27-25-13-12-23-17-22(10-11-24(23)18-25)19-26-14-16-28-20-26/h1,3-4,7-8,10-13,17-18H,2,5-6,9,14-16,19-20H2. The molecule has 1 fully saturated rings. The summed E-state index contributed by atoms with van der Waals surface area (Å²) in [4.78, 5) is 2.51. The summed E-state index contributed by atoms with van der Waals surface area (Å²) >= 11 is 2.03. The SMILES string of the molecule is c1ccc(CCCCCOc2ccc3cc(CN4CCSC4)ccc3c2)cc1. The van der Waals surface area contributed by atoms with E-state index in [1.807, 2.05) is 11.8 Å². The molecule has 3 aromatic carbocycles. The Morgan fingerprint density at radius 1 is 0.821 bits per heavy atom. The van der Waals surface area contributed by atoms with E-state index < -0.39 is 0 Å². The minimum absolute atomic E-state index is 0.797. The van der Waals surface area contributed by atoms with Gasteiger partial charge in [0.15, 0.2) is 0 Å². The number of nitrogens with zero attached hydrogens (tertiary/aromatic N) is 1. The fraction of sp³-hybridized carbons (Fsp3) is 0.360. The third-order valence-electron chi connectivity index (χ3n) is 5.33. The third kappa shape index (κ3) is 5.52. The van der Waals surface area contributed by atoms with Gasteiger partial charge in [-0.3, -0.25) is 4.90 Å². The molecule has 0 spiro atoms. The number of hydrogen-bond donors (Lipinski definition) is 0. The number of unbranched alkanes of at least 4 members (excludes halogenated alkanes) is 2. The van der Waals surface area contributed by atoms with E-state index in [9.17, 15) is 0 Å². The lowest BCUT2D eigenvalue weighted by molar-refractivity contribution is 0.305. The van der Waals surface area contributed by atoms with Gasteiger partial charge in [0.2, 0.25) is 0 Å². The summed E-state index contributed by atoms with van der Waals surface area (Å²) in [7, 11) is 0. The molecule has 4 rings (SSSR count). The van der Waals surface area contributed by atoms with Gasteiger partial charge in [0.25, 0.3) is 0 Å². The van der Waals surface area contributed by atoms with Gasteiger partial charge < -0.3 is 4.74 Å². The van der Waals surface area contributed by atoms with Gasteiger partial charge in [0, 0.05) is 24.7 Å². The Bertz CT molecular complexity index is 874. The zero-order valence-electron chi connectivity index (χ0n) is 16.5. The van der Waals surface area contributed by atoms with Crippen molar-refractivity contribution in [2.45, 2.75) is 32.2 Å². The van der Waals surface area contributed by atoms with Crippen molar-refractivity contribution in [3.05, 3.63) is 77.9 Å². The van der Waals surface area contributed by atoms with E-state index in [2.05, 4.69) is 71.6 Å². The highest BCUT2D eigenvalue weighted by Crippen LogP contribution is 2.24. The normalized spacial score (nSPS) is 14.6. The molecule has 0 saturated carbocycles. The first kappa shape index (κ1) is 19.4. The van der Waals surface area contributed by atoms with Crippen molar-refractivity contribution in [1.29, 1.82) is 0 Å². The fourth-order valence-electron chi connectivity index (χ4n) is 3.74. The monoisotopic (exact) mass is 391 g/mol. The Morgan fingerprint density at radius 3 is 2.54 bits per heavy atom. The van der Waals surface area contributed by atoms with E-state index in [4.69, 9.17) is 4.74 Å². The van der Waals surface area contributed by atoms with Crippen LogP contribution in [0.15, 0.2) is 66.7 Å². The predicted octanol–water partition coefficient (Wildman–Crippen LogP) is 6.14. The lowest BCUT2D eigenvalue weighted by Gasteiger charge is -2.14. The van der Waals surface area contributed by atoms with Crippen LogP contribution in [0, 0.1) is 0 Å². The van der Waals surface area contributed by atoms with Crippen LogP contribution in [0.5, 0.6) is 5.75 Å². The Kier molecular flexibility index (Phi) is 6.91. The van der Waals surface area contributed by atoms with Gasteiger partial charge in [-0.25, -0.2) is 0 Å². The molecule has 0 aromatic heterocycles. The maximum absolute atomic E-state index is 5.99. The van der Waals surface area contributed by atoms with Crippen LogP contribution in [-0.4, -0.2) is 29.7 Å². The van der Waals surface area contributed by atoms with E-state index >= 15 is 0 Å². The number of ether oxygens (including phenoxy) is 1. The van der Waals surface area contributed by atoms with Crippen LogP contribution in [0.1, 0.15) is 30.4 Å². The van der Waals surface area contributed by atoms with E-state index in [1.54, 1.807) is 0 Å². The molecule has 0 N–H and O–H groups in total. The first-order valence-electron chi connectivity index (χ1n) is 10.4. The van der Waals surface area contributed by atoms with Crippen molar-refractivity contribution >= 4 is 22.5 Å². The smallest absolute Gasteiger partial charge is 0.119 e. The average Bonchev–Trinajstić information content (AvgIpc) is 3.24. The quantitative estimate of drug-likeness (QED) is 0.407. The molecule has 0 radical (unpaired) electrons. The van der Waals surface area contributed by atoms with Crippen LogP contribution in [-0.2, 0) is 13.0 Å². The first-order valence-corrected chi connectivity index (χ1v) is 11.5. The molecule has 1 aliphatic rings. The number of rotatable bonds is 9. The van der Waals surface area contributed by atoms with E-state index in [0.717, 1.165) is 37.6 Å². The van der Waals surface area contributed by atoms with Crippen molar-refractivity contribution in [2.75, 3.05) is 24.8 Å². The highest BCUT2D eigenvalue weighted by Gasteiger charge is 2.12. The Labute approximate surface area is 172 Å². The average molecular weight is 392 g/mol. The van der Waals surface area contributed by atoms with Crippen molar-refractivity contribution in [1.82, 2.24) is 4.90 Å². The number of fused-ring (bicyclic) bond motifs is 1. The van der Waals surface area contributed by atoms with Gasteiger partial charge in [0.1, 0.15) is 5.75 Å². The van der Waals surface area contributed by atoms with Gasteiger partial charge in [-0.2, -0.15) is 0 Å². The molecule has 0 unspecified atom stereocenters. The summed E-state index contributed by atoms with van der Waals surface area (Å²) in [5.74, 6) is 3.41. The van der Waals surface area contributed by atoms with Crippen molar-refractivity contribution in [3.8, 4) is 5.75 Å². The molecule has 1 heterocycles. The first-order chi connectivity index (χ1) is 13.9. The number of benzene rings is 3. The van der Waals surface area contributed by atoms with Gasteiger partial charge in [-0.05, 0) is 65.8 Å². The fourth-order valence-corrected chi connectivity index (χ4v) is 4.73. The van der Waals surface area contributed by atoms with Crippen LogP contribution in [0.25, 0.3) is 10.8 Å².